The van der Waals surface area contributed by atoms with Crippen molar-refractivity contribution in [3.8, 4) is 11.3 Å². The molecule has 1 atom stereocenters. The fourth-order valence-corrected chi connectivity index (χ4v) is 2.70. The Kier molecular flexibility index (Phi) is 4.50. The van der Waals surface area contributed by atoms with Crippen molar-refractivity contribution in [2.45, 2.75) is 40.2 Å². The molecule has 2 aromatic rings. The number of benzene rings is 1. The van der Waals surface area contributed by atoms with E-state index >= 15 is 0 Å². The maximum Gasteiger partial charge on any atom is 0.262 e. The van der Waals surface area contributed by atoms with Gasteiger partial charge in [0.05, 0.1) is 11.3 Å². The summed E-state index contributed by atoms with van der Waals surface area (Å²) in [7, 11) is 0. The lowest BCUT2D eigenvalue weighted by Gasteiger charge is -2.21. The Hall–Kier alpha value is -2.36. The van der Waals surface area contributed by atoms with Crippen LogP contribution < -0.4 is 11.3 Å². The third-order valence-corrected chi connectivity index (χ3v) is 4.10. The zero-order valence-corrected chi connectivity index (χ0v) is 13.6. The molecule has 1 unspecified atom stereocenters. The number of nitrogens with two attached hydrogens (primary N) is 1. The van der Waals surface area contributed by atoms with Crippen LogP contribution in [0.4, 0.5) is 0 Å². The zero-order chi connectivity index (χ0) is 16.4. The van der Waals surface area contributed by atoms with Crippen LogP contribution in [0.5, 0.6) is 0 Å². The van der Waals surface area contributed by atoms with Crippen molar-refractivity contribution < 1.29 is 0 Å². The molecule has 116 valence electrons. The van der Waals surface area contributed by atoms with Gasteiger partial charge in [0.25, 0.3) is 5.56 Å². The largest absolute Gasteiger partial charge is 0.384 e. The van der Waals surface area contributed by atoms with Gasteiger partial charge < -0.3 is 10.3 Å². The minimum atomic E-state index is -0.195. The summed E-state index contributed by atoms with van der Waals surface area (Å²) < 4.78 is 1.76. The second-order valence-electron chi connectivity index (χ2n) is 5.80. The molecule has 0 fully saturated rings. The molecule has 0 saturated heterocycles. The van der Waals surface area contributed by atoms with Crippen LogP contribution in [0, 0.1) is 19.3 Å². The minimum Gasteiger partial charge on any atom is -0.384 e. The second-order valence-corrected chi connectivity index (χ2v) is 5.80. The predicted molar refractivity (Wildman–Crippen MR) is 91.6 cm³/mol. The maximum absolute atomic E-state index is 12.7. The van der Waals surface area contributed by atoms with Gasteiger partial charge in [-0.2, -0.15) is 0 Å². The van der Waals surface area contributed by atoms with E-state index in [1.54, 1.807) is 10.6 Å². The summed E-state index contributed by atoms with van der Waals surface area (Å²) in [6.45, 7) is 8.16. The summed E-state index contributed by atoms with van der Waals surface area (Å²) >= 11 is 0. The van der Waals surface area contributed by atoms with Crippen LogP contribution in [0.3, 0.4) is 0 Å². The molecule has 2 rings (SSSR count). The fraction of sp³-hybridized carbons (Fsp3) is 0.333. The van der Waals surface area contributed by atoms with Gasteiger partial charge in [0.1, 0.15) is 5.84 Å². The number of aromatic nitrogens is 1. The molecule has 3 N–H and O–H groups in total. The highest BCUT2D eigenvalue weighted by molar-refractivity contribution is 5.94. The van der Waals surface area contributed by atoms with Crippen molar-refractivity contribution in [1.29, 1.82) is 5.41 Å². The van der Waals surface area contributed by atoms with Crippen molar-refractivity contribution >= 4 is 5.84 Å². The summed E-state index contributed by atoms with van der Waals surface area (Å²) in [5.74, 6) is -0.186. The molecule has 4 nitrogen and oxygen atoms in total. The molecule has 0 bridgehead atoms. The smallest absolute Gasteiger partial charge is 0.262 e. The molecule has 0 aliphatic rings. The Bertz CT molecular complexity index is 774. The highest BCUT2D eigenvalue weighted by Gasteiger charge is 2.16. The number of nitrogens with zero attached hydrogens (tertiary/aromatic N) is 1. The first-order valence-corrected chi connectivity index (χ1v) is 7.54. The van der Waals surface area contributed by atoms with Crippen molar-refractivity contribution in [1.82, 2.24) is 4.57 Å². The highest BCUT2D eigenvalue weighted by Crippen LogP contribution is 2.26. The van der Waals surface area contributed by atoms with Crippen LogP contribution in [-0.2, 0) is 0 Å². The predicted octanol–water partition coefficient (Wildman–Crippen LogP) is 3.39. The van der Waals surface area contributed by atoms with E-state index in [4.69, 9.17) is 11.1 Å². The van der Waals surface area contributed by atoms with E-state index in [1.165, 1.54) is 5.56 Å². The SMILES string of the molecule is CCC(C)n1c(-c2ccc(C)cc2C)ccc(C(=N)N)c1=O. The minimum absolute atomic E-state index is 0.0440. The average Bonchev–Trinajstić information content (AvgIpc) is 2.46. The number of hydrogen-bond acceptors (Lipinski definition) is 2. The molecule has 1 heterocycles. The Labute approximate surface area is 131 Å². The van der Waals surface area contributed by atoms with Gasteiger partial charge in [0.2, 0.25) is 0 Å². The number of amidine groups is 1. The molecule has 0 aliphatic heterocycles. The van der Waals surface area contributed by atoms with Gasteiger partial charge in [-0.1, -0.05) is 30.7 Å². The lowest BCUT2D eigenvalue weighted by atomic mass is 10.0. The van der Waals surface area contributed by atoms with Crippen LogP contribution in [0.15, 0.2) is 35.1 Å². The van der Waals surface area contributed by atoms with E-state index in [-0.39, 0.29) is 23.0 Å². The monoisotopic (exact) mass is 297 g/mol. The summed E-state index contributed by atoms with van der Waals surface area (Å²) in [4.78, 5) is 12.7. The molecule has 0 radical (unpaired) electrons. The molecule has 0 saturated carbocycles. The van der Waals surface area contributed by atoms with E-state index in [2.05, 4.69) is 13.0 Å². The number of pyridine rings is 1. The molecule has 22 heavy (non-hydrogen) atoms. The zero-order valence-electron chi connectivity index (χ0n) is 13.6. The second kappa shape index (κ2) is 6.18. The number of nitrogens with one attached hydrogen (secondary N) is 1. The van der Waals surface area contributed by atoms with Crippen molar-refractivity contribution in [3.05, 3.63) is 57.4 Å². The van der Waals surface area contributed by atoms with E-state index in [9.17, 15) is 4.79 Å². The Morgan fingerprint density at radius 3 is 2.50 bits per heavy atom. The number of rotatable bonds is 4. The van der Waals surface area contributed by atoms with Gasteiger partial charge in [-0.25, -0.2) is 0 Å². The van der Waals surface area contributed by atoms with Gasteiger partial charge in [-0.15, -0.1) is 0 Å². The molecule has 0 aliphatic carbocycles. The maximum atomic E-state index is 12.7. The van der Waals surface area contributed by atoms with E-state index in [1.807, 2.05) is 39.0 Å². The van der Waals surface area contributed by atoms with Gasteiger partial charge >= 0.3 is 0 Å². The molecule has 1 aromatic carbocycles. The van der Waals surface area contributed by atoms with Crippen molar-refractivity contribution in [2.75, 3.05) is 0 Å². The van der Waals surface area contributed by atoms with E-state index in [0.29, 0.717) is 0 Å². The van der Waals surface area contributed by atoms with E-state index in [0.717, 1.165) is 23.2 Å². The van der Waals surface area contributed by atoms with Crippen molar-refractivity contribution in [3.63, 3.8) is 0 Å². The quantitative estimate of drug-likeness (QED) is 0.670. The molecular weight excluding hydrogens is 274 g/mol. The molecule has 0 spiro atoms. The third kappa shape index (κ3) is 2.82. The lowest BCUT2D eigenvalue weighted by molar-refractivity contribution is 0.519. The number of aryl methyl sites for hydroxylation is 2. The topological polar surface area (TPSA) is 71.9 Å². The normalized spacial score (nSPS) is 12.2. The molecule has 1 aromatic heterocycles. The average molecular weight is 297 g/mol. The van der Waals surface area contributed by atoms with Crippen LogP contribution in [-0.4, -0.2) is 10.4 Å². The molecule has 0 amide bonds. The Balaban J connectivity index is 2.78. The van der Waals surface area contributed by atoms with Crippen LogP contribution in [0.2, 0.25) is 0 Å². The lowest BCUT2D eigenvalue weighted by Crippen LogP contribution is -2.32. The number of hydrogen-bond donors (Lipinski definition) is 2. The Morgan fingerprint density at radius 2 is 1.95 bits per heavy atom. The van der Waals surface area contributed by atoms with Crippen LogP contribution in [0.25, 0.3) is 11.3 Å². The van der Waals surface area contributed by atoms with Crippen LogP contribution >= 0.6 is 0 Å². The van der Waals surface area contributed by atoms with Gasteiger partial charge in [-0.3, -0.25) is 10.2 Å². The number of nitrogen functional groups attached to an aromatic ring is 1. The van der Waals surface area contributed by atoms with Gasteiger partial charge in [0.15, 0.2) is 0 Å². The summed E-state index contributed by atoms with van der Waals surface area (Å²) in [5.41, 5.74) is 9.84. The Morgan fingerprint density at radius 1 is 1.27 bits per heavy atom. The van der Waals surface area contributed by atoms with Gasteiger partial charge in [0, 0.05) is 11.6 Å². The first-order chi connectivity index (χ1) is 10.4. The highest BCUT2D eigenvalue weighted by atomic mass is 16.1. The van der Waals surface area contributed by atoms with Crippen LogP contribution in [0.1, 0.15) is 43.0 Å². The summed E-state index contributed by atoms with van der Waals surface area (Å²) in [6.07, 6.45) is 0.833. The standard InChI is InChI=1S/C18H23N3O/c1-5-13(4)21-16(9-8-15(17(19)20)18(21)22)14-7-6-11(2)10-12(14)3/h6-10,13H,5H2,1-4H3,(H3,19,20). The summed E-state index contributed by atoms with van der Waals surface area (Å²) in [6, 6.07) is 9.79. The first-order valence-electron chi connectivity index (χ1n) is 7.54. The molecular formula is C18H23N3O. The van der Waals surface area contributed by atoms with Crippen molar-refractivity contribution in [2.24, 2.45) is 5.73 Å². The molecule has 4 heteroatoms. The fourth-order valence-electron chi connectivity index (χ4n) is 2.70. The third-order valence-electron chi connectivity index (χ3n) is 4.10. The van der Waals surface area contributed by atoms with Gasteiger partial charge in [-0.05, 0) is 44.9 Å². The van der Waals surface area contributed by atoms with E-state index < -0.39 is 0 Å². The summed E-state index contributed by atoms with van der Waals surface area (Å²) in [5, 5.41) is 7.58. The first kappa shape index (κ1) is 16.0.